The van der Waals surface area contributed by atoms with Crippen molar-refractivity contribution in [2.45, 2.75) is 12.4 Å². The summed E-state index contributed by atoms with van der Waals surface area (Å²) in [5.41, 5.74) is -3.15. The summed E-state index contributed by atoms with van der Waals surface area (Å²) in [6.45, 7) is 0. The number of ether oxygens (including phenoxy) is 1. The van der Waals surface area contributed by atoms with Gasteiger partial charge in [0.2, 0.25) is 0 Å². The number of hydrogen-bond acceptors (Lipinski definition) is 2. The van der Waals surface area contributed by atoms with Crippen LogP contribution in [-0.4, -0.2) is 13.1 Å². The minimum Gasteiger partial charge on any atom is -0.408 e. The summed E-state index contributed by atoms with van der Waals surface area (Å²) in [5, 5.41) is 0. The zero-order chi connectivity index (χ0) is 20.6. The van der Waals surface area contributed by atoms with E-state index in [1.54, 1.807) is 0 Å². The van der Waals surface area contributed by atoms with E-state index in [9.17, 15) is 35.5 Å². The van der Waals surface area contributed by atoms with E-state index in [-0.39, 0.29) is 11.8 Å². The Bertz CT molecular complexity index is 848. The number of alkyl halides is 6. The Morgan fingerprint density at radius 2 is 1.56 bits per heavy atom. The van der Waals surface area contributed by atoms with Crippen molar-refractivity contribution in [3.05, 3.63) is 56.9 Å². The van der Waals surface area contributed by atoms with Crippen molar-refractivity contribution in [1.29, 1.82) is 0 Å². The second-order valence-electron chi connectivity index (χ2n) is 5.23. The van der Waals surface area contributed by atoms with Crippen LogP contribution in [0.3, 0.4) is 0 Å². The Morgan fingerprint density at radius 3 is 2.04 bits per heavy atom. The first-order chi connectivity index (χ1) is 12.3. The smallest absolute Gasteiger partial charge is 0.408 e. The van der Waals surface area contributed by atoms with Crippen molar-refractivity contribution < 1.29 is 40.3 Å². The van der Waals surface area contributed by atoms with Gasteiger partial charge in [0, 0.05) is 12.7 Å². The molecule has 0 aliphatic rings. The summed E-state index contributed by atoms with van der Waals surface area (Å²) in [4.78, 5) is 12.9. The molecule has 0 bridgehead atoms. The molecule has 0 aliphatic carbocycles. The van der Waals surface area contributed by atoms with Gasteiger partial charge in [0.1, 0.15) is 11.4 Å². The second-order valence-corrected chi connectivity index (χ2v) is 6.40. The van der Waals surface area contributed by atoms with Crippen LogP contribution in [-0.2, 0) is 12.4 Å². The summed E-state index contributed by atoms with van der Waals surface area (Å²) in [5.74, 6) is -1.65. The normalized spacial score (nSPS) is 12.0. The SMILES string of the molecule is CN(C(=O)Oc1c(I)cc(C(F)(F)F)cc1C(F)(F)F)c1ccc(F)cc1. The van der Waals surface area contributed by atoms with Crippen LogP contribution >= 0.6 is 22.6 Å². The van der Waals surface area contributed by atoms with Gasteiger partial charge in [-0.15, -0.1) is 0 Å². The predicted molar refractivity (Wildman–Crippen MR) is 90.0 cm³/mol. The maximum atomic E-state index is 13.2. The lowest BCUT2D eigenvalue weighted by molar-refractivity contribution is -0.143. The highest BCUT2D eigenvalue weighted by molar-refractivity contribution is 14.1. The van der Waals surface area contributed by atoms with Crippen molar-refractivity contribution in [2.75, 3.05) is 11.9 Å². The molecule has 2 rings (SSSR count). The number of nitrogens with zero attached hydrogens (tertiary/aromatic N) is 1. The van der Waals surface area contributed by atoms with E-state index in [1.807, 2.05) is 0 Å². The van der Waals surface area contributed by atoms with E-state index in [0.29, 0.717) is 6.07 Å². The van der Waals surface area contributed by atoms with E-state index in [0.717, 1.165) is 24.1 Å². The molecule has 3 nitrogen and oxygen atoms in total. The fourth-order valence-corrected chi connectivity index (χ4v) is 2.73. The van der Waals surface area contributed by atoms with Crippen LogP contribution in [0, 0.1) is 9.39 Å². The van der Waals surface area contributed by atoms with Crippen molar-refractivity contribution >= 4 is 34.4 Å². The Labute approximate surface area is 161 Å². The number of amides is 1. The lowest BCUT2D eigenvalue weighted by atomic mass is 10.1. The minimum absolute atomic E-state index is 0.108. The van der Waals surface area contributed by atoms with E-state index in [1.165, 1.54) is 34.7 Å². The molecule has 27 heavy (non-hydrogen) atoms. The van der Waals surface area contributed by atoms with Crippen LogP contribution in [0.25, 0.3) is 0 Å². The zero-order valence-corrected chi connectivity index (χ0v) is 15.4. The Balaban J connectivity index is 2.42. The molecule has 0 radical (unpaired) electrons. The quantitative estimate of drug-likeness (QED) is 0.363. The lowest BCUT2D eigenvalue weighted by Crippen LogP contribution is -2.30. The first-order valence-corrected chi connectivity index (χ1v) is 8.07. The van der Waals surface area contributed by atoms with Crippen LogP contribution in [0.5, 0.6) is 5.75 Å². The fraction of sp³-hybridized carbons (Fsp3) is 0.188. The van der Waals surface area contributed by atoms with Crippen LogP contribution < -0.4 is 9.64 Å². The summed E-state index contributed by atoms with van der Waals surface area (Å²) in [6, 6.07) is 4.71. The molecule has 146 valence electrons. The van der Waals surface area contributed by atoms with Crippen LogP contribution in [0.1, 0.15) is 11.1 Å². The molecule has 2 aromatic carbocycles. The third-order valence-electron chi connectivity index (χ3n) is 3.35. The van der Waals surface area contributed by atoms with Gasteiger partial charge in [0.25, 0.3) is 0 Å². The molecule has 0 aliphatic heterocycles. The average molecular weight is 507 g/mol. The average Bonchev–Trinajstić information content (AvgIpc) is 2.54. The summed E-state index contributed by atoms with van der Waals surface area (Å²) >= 11 is 1.22. The third kappa shape index (κ3) is 5.02. The largest absolute Gasteiger partial charge is 0.420 e. The highest BCUT2D eigenvalue weighted by Gasteiger charge is 2.41. The van der Waals surface area contributed by atoms with Gasteiger partial charge in [-0.25, -0.2) is 9.18 Å². The van der Waals surface area contributed by atoms with Crippen molar-refractivity contribution in [3.8, 4) is 5.75 Å². The van der Waals surface area contributed by atoms with Crippen molar-refractivity contribution in [3.63, 3.8) is 0 Å². The number of anilines is 1. The minimum atomic E-state index is -5.19. The van der Waals surface area contributed by atoms with E-state index in [4.69, 9.17) is 4.74 Å². The molecule has 1 amide bonds. The molecule has 0 fully saturated rings. The number of carbonyl (C=O) groups excluding carboxylic acids is 1. The van der Waals surface area contributed by atoms with Crippen molar-refractivity contribution in [2.24, 2.45) is 0 Å². The molecular weight excluding hydrogens is 498 g/mol. The van der Waals surface area contributed by atoms with Crippen molar-refractivity contribution in [1.82, 2.24) is 0 Å². The van der Waals surface area contributed by atoms with Gasteiger partial charge in [0.15, 0.2) is 5.75 Å². The fourth-order valence-electron chi connectivity index (χ4n) is 2.00. The molecule has 2 aromatic rings. The second kappa shape index (κ2) is 7.52. The van der Waals surface area contributed by atoms with E-state index >= 15 is 0 Å². The molecule has 0 heterocycles. The number of rotatable bonds is 2. The van der Waals surface area contributed by atoms with Gasteiger partial charge in [-0.2, -0.15) is 26.3 Å². The topological polar surface area (TPSA) is 29.5 Å². The molecule has 0 atom stereocenters. The maximum Gasteiger partial charge on any atom is 0.420 e. The lowest BCUT2D eigenvalue weighted by Gasteiger charge is -2.21. The number of benzene rings is 2. The van der Waals surface area contributed by atoms with Gasteiger partial charge >= 0.3 is 18.4 Å². The molecule has 11 heteroatoms. The first-order valence-electron chi connectivity index (χ1n) is 6.99. The maximum absolute atomic E-state index is 13.2. The highest BCUT2D eigenvalue weighted by atomic mass is 127. The third-order valence-corrected chi connectivity index (χ3v) is 4.15. The summed E-state index contributed by atoms with van der Waals surface area (Å²) in [7, 11) is 1.15. The predicted octanol–water partition coefficient (Wildman–Crippen LogP) is 6.10. The molecule has 0 unspecified atom stereocenters. The Hall–Kier alpha value is -2.05. The van der Waals surface area contributed by atoms with E-state index < -0.39 is 44.7 Å². The van der Waals surface area contributed by atoms with Gasteiger partial charge in [-0.3, -0.25) is 4.90 Å². The Morgan fingerprint density at radius 1 is 1.00 bits per heavy atom. The first kappa shape index (κ1) is 21.3. The number of hydrogen-bond donors (Lipinski definition) is 0. The number of carbonyl (C=O) groups is 1. The van der Waals surface area contributed by atoms with Gasteiger partial charge in [-0.1, -0.05) is 0 Å². The molecule has 0 saturated carbocycles. The summed E-state index contributed by atoms with van der Waals surface area (Å²) in [6.07, 6.45) is -11.5. The van der Waals surface area contributed by atoms with Crippen LogP contribution in [0.15, 0.2) is 36.4 Å². The van der Waals surface area contributed by atoms with Crippen LogP contribution in [0.4, 0.5) is 41.2 Å². The molecule has 0 aromatic heterocycles. The number of halogens is 8. The Kier molecular flexibility index (Phi) is 5.92. The monoisotopic (exact) mass is 507 g/mol. The van der Waals surface area contributed by atoms with Gasteiger partial charge in [0.05, 0.1) is 9.13 Å². The zero-order valence-electron chi connectivity index (χ0n) is 13.3. The molecular formula is C16H9F7INO2. The van der Waals surface area contributed by atoms with E-state index in [2.05, 4.69) is 0 Å². The summed E-state index contributed by atoms with van der Waals surface area (Å²) < 4.78 is 95.1. The highest BCUT2D eigenvalue weighted by Crippen LogP contribution is 2.43. The molecule has 0 spiro atoms. The van der Waals surface area contributed by atoms with Gasteiger partial charge < -0.3 is 4.74 Å². The van der Waals surface area contributed by atoms with Crippen LogP contribution in [0.2, 0.25) is 0 Å². The standard InChI is InChI=1S/C16H9F7INO2/c1-25(10-4-2-9(17)3-5-10)14(26)27-13-11(16(21,22)23)6-8(7-12(13)24)15(18,19)20/h2-7H,1H3. The van der Waals surface area contributed by atoms with Gasteiger partial charge in [-0.05, 0) is 59.0 Å². The molecule has 0 saturated heterocycles. The molecule has 0 N–H and O–H groups in total.